The summed E-state index contributed by atoms with van der Waals surface area (Å²) in [5, 5.41) is 11.2. The zero-order valence-electron chi connectivity index (χ0n) is 13.6. The van der Waals surface area contributed by atoms with Crippen molar-refractivity contribution in [2.24, 2.45) is 0 Å². The number of nitriles is 1. The number of rotatable bonds is 4. The molecule has 1 N–H and O–H groups in total. The number of nitrogens with zero attached hydrogens (tertiary/aromatic N) is 2. The van der Waals surface area contributed by atoms with Gasteiger partial charge in [-0.25, -0.2) is 4.98 Å². The highest BCUT2D eigenvalue weighted by Gasteiger charge is 2.25. The van der Waals surface area contributed by atoms with Gasteiger partial charge in [-0.1, -0.05) is 24.3 Å². The summed E-state index contributed by atoms with van der Waals surface area (Å²) in [7, 11) is 0. The molecule has 4 rings (SSSR count). The fourth-order valence-electron chi connectivity index (χ4n) is 3.16. The summed E-state index contributed by atoms with van der Waals surface area (Å²) in [6.45, 7) is 2.03. The van der Waals surface area contributed by atoms with Crippen molar-refractivity contribution < 1.29 is 4.79 Å². The van der Waals surface area contributed by atoms with E-state index in [0.29, 0.717) is 5.01 Å². The molecule has 0 saturated carbocycles. The van der Waals surface area contributed by atoms with Gasteiger partial charge in [-0.15, -0.1) is 11.3 Å². The normalized spacial score (nSPS) is 12.3. The Bertz CT molecular complexity index is 1100. The van der Waals surface area contributed by atoms with Crippen molar-refractivity contribution >= 4 is 38.2 Å². The van der Waals surface area contributed by atoms with Crippen LogP contribution < -0.4 is 0 Å². The third-order valence-corrected chi connectivity index (χ3v) is 5.47. The van der Waals surface area contributed by atoms with Gasteiger partial charge in [-0.3, -0.25) is 4.79 Å². The second-order valence-corrected chi connectivity index (χ2v) is 7.10. The fraction of sp³-hybridized carbons (Fsp3) is 0.150. The summed E-state index contributed by atoms with van der Waals surface area (Å²) in [6.07, 6.45) is 2.08. The standard InChI is InChI=1S/C20H15N3OS/c1-12-5-4-7-16-19(12)13(11-22-16)9-17(24)14(10-21)20-23-15-6-2-3-8-18(15)25-20/h2-8,11,14,22H,9H2,1H3. The van der Waals surface area contributed by atoms with Crippen LogP contribution in [-0.2, 0) is 11.2 Å². The Morgan fingerprint density at radius 1 is 1.28 bits per heavy atom. The first-order chi connectivity index (χ1) is 12.2. The van der Waals surface area contributed by atoms with Gasteiger partial charge in [0.2, 0.25) is 0 Å². The Morgan fingerprint density at radius 3 is 2.92 bits per heavy atom. The number of ketones is 1. The molecule has 5 heteroatoms. The number of aryl methyl sites for hydroxylation is 1. The van der Waals surface area contributed by atoms with Crippen LogP contribution in [0.2, 0.25) is 0 Å². The topological polar surface area (TPSA) is 69.5 Å². The predicted octanol–water partition coefficient (Wildman–Crippen LogP) is 4.51. The Balaban J connectivity index is 1.67. The summed E-state index contributed by atoms with van der Waals surface area (Å²) in [6, 6.07) is 15.8. The molecule has 0 spiro atoms. The van der Waals surface area contributed by atoms with Crippen LogP contribution in [0, 0.1) is 18.3 Å². The first kappa shape index (κ1) is 15.6. The molecule has 4 nitrogen and oxygen atoms in total. The van der Waals surface area contributed by atoms with Gasteiger partial charge in [0.05, 0.1) is 16.3 Å². The van der Waals surface area contributed by atoms with Crippen LogP contribution in [0.4, 0.5) is 0 Å². The van der Waals surface area contributed by atoms with E-state index in [2.05, 4.69) is 16.0 Å². The highest BCUT2D eigenvalue weighted by molar-refractivity contribution is 7.18. The van der Waals surface area contributed by atoms with Crippen molar-refractivity contribution in [1.29, 1.82) is 5.26 Å². The first-order valence-corrected chi connectivity index (χ1v) is 8.82. The fourth-order valence-corrected chi connectivity index (χ4v) is 4.20. The molecule has 2 aromatic carbocycles. The smallest absolute Gasteiger partial charge is 0.161 e. The zero-order valence-corrected chi connectivity index (χ0v) is 14.4. The molecule has 0 radical (unpaired) electrons. The maximum absolute atomic E-state index is 12.8. The van der Waals surface area contributed by atoms with Crippen LogP contribution >= 0.6 is 11.3 Å². The summed E-state index contributed by atoms with van der Waals surface area (Å²) in [5.74, 6) is -0.947. The second kappa shape index (κ2) is 6.15. The molecule has 1 atom stereocenters. The lowest BCUT2D eigenvalue weighted by molar-refractivity contribution is -0.118. The van der Waals surface area contributed by atoms with E-state index in [0.717, 1.165) is 32.2 Å². The van der Waals surface area contributed by atoms with Gasteiger partial charge in [-0.05, 0) is 36.2 Å². The molecule has 0 fully saturated rings. The Labute approximate surface area is 148 Å². The molecular weight excluding hydrogens is 330 g/mol. The summed E-state index contributed by atoms with van der Waals surface area (Å²) < 4.78 is 0.994. The number of para-hydroxylation sites is 1. The van der Waals surface area contributed by atoms with E-state index in [1.807, 2.05) is 55.6 Å². The lowest BCUT2D eigenvalue weighted by Gasteiger charge is -2.05. The van der Waals surface area contributed by atoms with Gasteiger partial charge < -0.3 is 4.98 Å². The second-order valence-electron chi connectivity index (χ2n) is 6.04. The van der Waals surface area contributed by atoms with E-state index in [-0.39, 0.29) is 12.2 Å². The molecule has 0 aliphatic heterocycles. The van der Waals surface area contributed by atoms with Crippen LogP contribution in [0.3, 0.4) is 0 Å². The van der Waals surface area contributed by atoms with Crippen LogP contribution in [0.15, 0.2) is 48.7 Å². The number of Topliss-reactive ketones (excluding diaryl/α,β-unsaturated/α-hetero) is 1. The van der Waals surface area contributed by atoms with Gasteiger partial charge in [0.1, 0.15) is 5.01 Å². The summed E-state index contributed by atoms with van der Waals surface area (Å²) >= 11 is 1.42. The lowest BCUT2D eigenvalue weighted by Crippen LogP contribution is -2.13. The molecule has 1 unspecified atom stereocenters. The number of hydrogen-bond donors (Lipinski definition) is 1. The number of carbonyl (C=O) groups is 1. The minimum atomic E-state index is -0.827. The van der Waals surface area contributed by atoms with Crippen molar-refractivity contribution in [2.45, 2.75) is 19.3 Å². The molecule has 4 aromatic rings. The van der Waals surface area contributed by atoms with Gasteiger partial charge in [-0.2, -0.15) is 5.26 Å². The van der Waals surface area contributed by atoms with Crippen molar-refractivity contribution in [3.8, 4) is 6.07 Å². The Morgan fingerprint density at radius 2 is 2.12 bits per heavy atom. The highest BCUT2D eigenvalue weighted by atomic mass is 32.1. The molecule has 0 amide bonds. The van der Waals surface area contributed by atoms with Crippen molar-refractivity contribution in [3.05, 3.63) is 64.8 Å². The molecule has 0 bridgehead atoms. The number of aromatic amines is 1. The van der Waals surface area contributed by atoms with Crippen molar-refractivity contribution in [1.82, 2.24) is 9.97 Å². The first-order valence-electron chi connectivity index (χ1n) is 8.01. The monoisotopic (exact) mass is 345 g/mol. The summed E-state index contributed by atoms with van der Waals surface area (Å²) in [5.41, 5.74) is 3.89. The quantitative estimate of drug-likeness (QED) is 0.592. The lowest BCUT2D eigenvalue weighted by atomic mass is 9.97. The van der Waals surface area contributed by atoms with E-state index < -0.39 is 5.92 Å². The third kappa shape index (κ3) is 2.71. The number of fused-ring (bicyclic) bond motifs is 2. The molecule has 2 heterocycles. The average Bonchev–Trinajstić information content (AvgIpc) is 3.20. The Hall–Kier alpha value is -2.97. The maximum atomic E-state index is 12.8. The largest absolute Gasteiger partial charge is 0.361 e. The number of aromatic nitrogens is 2. The molecular formula is C20H15N3OS. The van der Waals surface area contributed by atoms with E-state index in [4.69, 9.17) is 0 Å². The Kier molecular flexibility index (Phi) is 3.83. The molecule has 0 aliphatic rings. The van der Waals surface area contributed by atoms with Gasteiger partial charge >= 0.3 is 0 Å². The van der Waals surface area contributed by atoms with Crippen LogP contribution in [0.1, 0.15) is 22.1 Å². The predicted molar refractivity (Wildman–Crippen MR) is 99.7 cm³/mol. The number of H-pyrrole nitrogens is 1. The molecule has 0 aliphatic carbocycles. The zero-order chi connectivity index (χ0) is 17.4. The van der Waals surface area contributed by atoms with E-state index in [9.17, 15) is 10.1 Å². The van der Waals surface area contributed by atoms with Gasteiger partial charge in [0.25, 0.3) is 0 Å². The molecule has 2 aromatic heterocycles. The number of hydrogen-bond acceptors (Lipinski definition) is 4. The number of nitrogens with one attached hydrogen (secondary N) is 1. The van der Waals surface area contributed by atoms with Crippen LogP contribution in [-0.4, -0.2) is 15.8 Å². The van der Waals surface area contributed by atoms with E-state index in [1.54, 1.807) is 0 Å². The number of carbonyl (C=O) groups excluding carboxylic acids is 1. The minimum absolute atomic E-state index is 0.120. The van der Waals surface area contributed by atoms with Gasteiger partial charge in [0.15, 0.2) is 11.7 Å². The van der Waals surface area contributed by atoms with Crippen molar-refractivity contribution in [2.75, 3.05) is 0 Å². The molecule has 25 heavy (non-hydrogen) atoms. The summed E-state index contributed by atoms with van der Waals surface area (Å²) in [4.78, 5) is 20.5. The molecule has 122 valence electrons. The maximum Gasteiger partial charge on any atom is 0.161 e. The number of thiazole rings is 1. The number of benzene rings is 2. The SMILES string of the molecule is Cc1cccc2[nH]cc(CC(=O)C(C#N)c3nc4ccccc4s3)c12. The van der Waals surface area contributed by atoms with Crippen LogP contribution in [0.5, 0.6) is 0 Å². The van der Waals surface area contributed by atoms with Crippen LogP contribution in [0.25, 0.3) is 21.1 Å². The average molecular weight is 345 g/mol. The highest BCUT2D eigenvalue weighted by Crippen LogP contribution is 2.30. The van der Waals surface area contributed by atoms with Gasteiger partial charge in [0, 0.05) is 23.5 Å². The van der Waals surface area contributed by atoms with E-state index >= 15 is 0 Å². The van der Waals surface area contributed by atoms with Crippen molar-refractivity contribution in [3.63, 3.8) is 0 Å². The minimum Gasteiger partial charge on any atom is -0.361 e. The van der Waals surface area contributed by atoms with E-state index in [1.165, 1.54) is 11.3 Å². The third-order valence-electron chi connectivity index (χ3n) is 4.37. The molecule has 0 saturated heterocycles.